The lowest BCUT2D eigenvalue weighted by Crippen LogP contribution is -2.04. The van der Waals surface area contributed by atoms with Crippen LogP contribution in [0, 0.1) is 5.92 Å². The maximum absolute atomic E-state index is 12.7. The van der Waals surface area contributed by atoms with Crippen LogP contribution < -0.4 is 0 Å². The molecule has 0 amide bonds. The van der Waals surface area contributed by atoms with Crippen LogP contribution in [0.4, 0.5) is 13.2 Å². The Morgan fingerprint density at radius 2 is 2.00 bits per heavy atom. The molecule has 108 valence electrons. The quantitative estimate of drug-likeness (QED) is 0.509. The zero-order valence-corrected chi connectivity index (χ0v) is 13.4. The number of halogens is 5. The summed E-state index contributed by atoms with van der Waals surface area (Å²) in [6.45, 7) is 0. The van der Waals surface area contributed by atoms with Gasteiger partial charge in [0.1, 0.15) is 0 Å². The Bertz CT molecular complexity index is 424. The first kappa shape index (κ1) is 15.6. The van der Waals surface area contributed by atoms with Crippen LogP contribution in [0.15, 0.2) is 9.85 Å². The van der Waals surface area contributed by atoms with Crippen LogP contribution in [-0.4, -0.2) is 0 Å². The summed E-state index contributed by atoms with van der Waals surface area (Å²) >= 11 is 10.4. The first-order chi connectivity index (χ1) is 8.89. The molecular weight excluding hydrogens is 361 g/mol. The van der Waals surface area contributed by atoms with E-state index in [9.17, 15) is 13.2 Å². The lowest BCUT2D eigenvalue weighted by molar-refractivity contribution is -0.137. The van der Waals surface area contributed by atoms with Gasteiger partial charge in [0, 0.05) is 14.7 Å². The molecule has 1 unspecified atom stereocenters. The fraction of sp³-hybridized carbons (Fsp3) is 0.692. The third-order valence-corrected chi connectivity index (χ3v) is 6.43. The molecule has 0 radical (unpaired) electrons. The van der Waals surface area contributed by atoms with Gasteiger partial charge in [0.05, 0.1) is 10.9 Å². The molecule has 1 fully saturated rings. The molecule has 1 heterocycles. The molecule has 0 nitrogen and oxygen atoms in total. The van der Waals surface area contributed by atoms with E-state index >= 15 is 0 Å². The molecule has 0 spiro atoms. The second kappa shape index (κ2) is 6.35. The van der Waals surface area contributed by atoms with E-state index in [-0.39, 0.29) is 9.85 Å². The van der Waals surface area contributed by atoms with Crippen LogP contribution in [0.2, 0.25) is 0 Å². The van der Waals surface area contributed by atoms with Crippen molar-refractivity contribution in [2.45, 2.75) is 50.1 Å². The highest BCUT2D eigenvalue weighted by atomic mass is 79.9. The molecular formula is C13H15BrClF3S. The van der Waals surface area contributed by atoms with Crippen molar-refractivity contribution < 1.29 is 13.2 Å². The van der Waals surface area contributed by atoms with Crippen LogP contribution in [0.1, 0.15) is 54.3 Å². The SMILES string of the molecule is FC(F)(F)c1csc(C(Cl)CCC2CCCC2)c1Br. The molecule has 1 aromatic heterocycles. The van der Waals surface area contributed by atoms with Crippen LogP contribution in [-0.2, 0) is 6.18 Å². The van der Waals surface area contributed by atoms with Crippen molar-refractivity contribution in [1.82, 2.24) is 0 Å². The van der Waals surface area contributed by atoms with Crippen molar-refractivity contribution in [3.05, 3.63) is 20.3 Å². The molecule has 0 aliphatic heterocycles. The maximum atomic E-state index is 12.7. The number of thiophene rings is 1. The van der Waals surface area contributed by atoms with Gasteiger partial charge in [0.15, 0.2) is 0 Å². The second-order valence-electron chi connectivity index (χ2n) is 5.02. The Morgan fingerprint density at radius 1 is 1.37 bits per heavy atom. The minimum absolute atomic E-state index is 0.122. The summed E-state index contributed by atoms with van der Waals surface area (Å²) in [6, 6.07) is 0. The fourth-order valence-corrected chi connectivity index (χ4v) is 5.12. The van der Waals surface area contributed by atoms with Crippen molar-refractivity contribution in [2.24, 2.45) is 5.92 Å². The van der Waals surface area contributed by atoms with E-state index in [4.69, 9.17) is 11.6 Å². The number of hydrogen-bond acceptors (Lipinski definition) is 1. The lowest BCUT2D eigenvalue weighted by Gasteiger charge is -2.13. The molecule has 0 bridgehead atoms. The predicted octanol–water partition coefficient (Wildman–Crippen LogP) is 6.78. The summed E-state index contributed by atoms with van der Waals surface area (Å²) in [5, 5.41) is 0.820. The first-order valence-corrected chi connectivity index (χ1v) is 8.48. The van der Waals surface area contributed by atoms with Crippen LogP contribution >= 0.6 is 38.9 Å². The third-order valence-electron chi connectivity index (χ3n) is 3.65. The molecule has 6 heteroatoms. The molecule has 2 rings (SSSR count). The summed E-state index contributed by atoms with van der Waals surface area (Å²) in [5.41, 5.74) is -0.612. The zero-order chi connectivity index (χ0) is 14.0. The maximum Gasteiger partial charge on any atom is 0.418 e. The van der Waals surface area contributed by atoms with Crippen LogP contribution in [0.25, 0.3) is 0 Å². The van der Waals surface area contributed by atoms with Crippen LogP contribution in [0.5, 0.6) is 0 Å². The van der Waals surface area contributed by atoms with Gasteiger partial charge in [0.25, 0.3) is 0 Å². The Morgan fingerprint density at radius 3 is 2.53 bits per heavy atom. The van der Waals surface area contributed by atoms with E-state index in [2.05, 4.69) is 15.9 Å². The van der Waals surface area contributed by atoms with Gasteiger partial charge in [-0.1, -0.05) is 25.7 Å². The Labute approximate surface area is 128 Å². The van der Waals surface area contributed by atoms with Gasteiger partial charge in [-0.2, -0.15) is 13.2 Å². The van der Waals surface area contributed by atoms with E-state index in [0.717, 1.165) is 29.6 Å². The summed E-state index contributed by atoms with van der Waals surface area (Å²) in [5.74, 6) is 0.710. The van der Waals surface area contributed by atoms with Gasteiger partial charge in [-0.3, -0.25) is 0 Å². The summed E-state index contributed by atoms with van der Waals surface area (Å²) in [6.07, 6.45) is 2.49. The monoisotopic (exact) mass is 374 g/mol. The van der Waals surface area contributed by atoms with E-state index in [1.165, 1.54) is 25.7 Å². The number of alkyl halides is 4. The molecule has 1 aliphatic carbocycles. The van der Waals surface area contributed by atoms with Crippen molar-refractivity contribution in [3.63, 3.8) is 0 Å². The topological polar surface area (TPSA) is 0 Å². The lowest BCUT2D eigenvalue weighted by atomic mass is 10.00. The number of rotatable bonds is 4. The average Bonchev–Trinajstić information content (AvgIpc) is 2.93. The van der Waals surface area contributed by atoms with Crippen LogP contribution in [0.3, 0.4) is 0 Å². The highest BCUT2D eigenvalue weighted by molar-refractivity contribution is 9.10. The van der Waals surface area contributed by atoms with Gasteiger partial charge in [0.2, 0.25) is 0 Å². The molecule has 0 aromatic carbocycles. The molecule has 1 aliphatic rings. The van der Waals surface area contributed by atoms with E-state index in [0.29, 0.717) is 10.8 Å². The summed E-state index contributed by atoms with van der Waals surface area (Å²) in [4.78, 5) is 0.604. The zero-order valence-electron chi connectivity index (χ0n) is 10.3. The van der Waals surface area contributed by atoms with E-state index < -0.39 is 11.7 Å². The Balaban J connectivity index is 1.99. The van der Waals surface area contributed by atoms with E-state index in [1.807, 2.05) is 0 Å². The van der Waals surface area contributed by atoms with Gasteiger partial charge in [-0.05, 0) is 34.7 Å². The Hall–Kier alpha value is 0.260. The van der Waals surface area contributed by atoms with Crippen molar-refractivity contribution in [1.29, 1.82) is 0 Å². The molecule has 0 saturated heterocycles. The van der Waals surface area contributed by atoms with Gasteiger partial charge >= 0.3 is 6.18 Å². The predicted molar refractivity (Wildman–Crippen MR) is 76.8 cm³/mol. The van der Waals surface area contributed by atoms with Gasteiger partial charge < -0.3 is 0 Å². The van der Waals surface area contributed by atoms with Crippen molar-refractivity contribution >= 4 is 38.9 Å². The Kier molecular flexibility index (Phi) is 5.23. The summed E-state index contributed by atoms with van der Waals surface area (Å²) < 4.78 is 38.2. The molecule has 0 N–H and O–H groups in total. The highest BCUT2D eigenvalue weighted by Gasteiger charge is 2.36. The average molecular weight is 376 g/mol. The minimum Gasteiger partial charge on any atom is -0.166 e. The minimum atomic E-state index is -4.31. The smallest absolute Gasteiger partial charge is 0.166 e. The number of hydrogen-bond donors (Lipinski definition) is 0. The molecule has 1 saturated carbocycles. The summed E-state index contributed by atoms with van der Waals surface area (Å²) in [7, 11) is 0. The second-order valence-corrected chi connectivity index (χ2v) is 7.25. The molecule has 19 heavy (non-hydrogen) atoms. The van der Waals surface area contributed by atoms with Gasteiger partial charge in [-0.15, -0.1) is 22.9 Å². The van der Waals surface area contributed by atoms with Gasteiger partial charge in [-0.25, -0.2) is 0 Å². The first-order valence-electron chi connectivity index (χ1n) is 6.37. The standard InChI is InChI=1S/C13H15BrClF3S/c14-11-9(13(16,17)18)7-19-12(11)10(15)6-5-8-3-1-2-4-8/h7-8,10H,1-6H2. The fourth-order valence-electron chi connectivity index (χ4n) is 2.57. The largest absolute Gasteiger partial charge is 0.418 e. The van der Waals surface area contributed by atoms with E-state index in [1.54, 1.807) is 0 Å². The highest BCUT2D eigenvalue weighted by Crippen LogP contribution is 2.45. The third kappa shape index (κ3) is 3.88. The molecule has 1 atom stereocenters. The molecule has 1 aromatic rings. The van der Waals surface area contributed by atoms with Crippen molar-refractivity contribution in [2.75, 3.05) is 0 Å². The van der Waals surface area contributed by atoms with Crippen molar-refractivity contribution in [3.8, 4) is 0 Å². The normalized spacial score (nSPS) is 19.0.